The van der Waals surface area contributed by atoms with Crippen molar-refractivity contribution in [2.75, 3.05) is 14.2 Å². The molecule has 7 heteroatoms. The van der Waals surface area contributed by atoms with Gasteiger partial charge in [-0.3, -0.25) is 0 Å². The van der Waals surface area contributed by atoms with E-state index in [1.54, 1.807) is 24.3 Å². The molecular formula is C19H13Cl3O3S. The molecule has 134 valence electrons. The highest BCUT2D eigenvalue weighted by Crippen LogP contribution is 2.50. The van der Waals surface area contributed by atoms with Gasteiger partial charge in [-0.05, 0) is 29.8 Å². The van der Waals surface area contributed by atoms with Gasteiger partial charge in [-0.2, -0.15) is 0 Å². The summed E-state index contributed by atoms with van der Waals surface area (Å²) in [6, 6.07) is 12.5. The van der Waals surface area contributed by atoms with Crippen molar-refractivity contribution in [1.29, 1.82) is 0 Å². The van der Waals surface area contributed by atoms with Gasteiger partial charge in [0.2, 0.25) is 0 Å². The van der Waals surface area contributed by atoms with Gasteiger partial charge in [-0.15, -0.1) is 11.3 Å². The van der Waals surface area contributed by atoms with Crippen LogP contribution in [0.3, 0.4) is 0 Å². The molecule has 0 amide bonds. The number of hydrogen-bond acceptors (Lipinski definition) is 4. The van der Waals surface area contributed by atoms with Crippen molar-refractivity contribution in [3.8, 4) is 27.3 Å². The molecule has 0 aliphatic carbocycles. The Balaban J connectivity index is 2.33. The largest absolute Gasteiger partial charge is 0.494 e. The van der Waals surface area contributed by atoms with Gasteiger partial charge >= 0.3 is 5.97 Å². The third kappa shape index (κ3) is 3.55. The van der Waals surface area contributed by atoms with Crippen LogP contribution in [0.15, 0.2) is 42.5 Å². The fourth-order valence-corrected chi connectivity index (χ4v) is 4.51. The van der Waals surface area contributed by atoms with Gasteiger partial charge in [0.25, 0.3) is 0 Å². The van der Waals surface area contributed by atoms with E-state index in [9.17, 15) is 4.79 Å². The molecule has 26 heavy (non-hydrogen) atoms. The lowest BCUT2D eigenvalue weighted by atomic mass is 10.0. The van der Waals surface area contributed by atoms with Crippen LogP contribution in [0.1, 0.15) is 9.67 Å². The Morgan fingerprint density at radius 2 is 1.62 bits per heavy atom. The summed E-state index contributed by atoms with van der Waals surface area (Å²) in [5, 5.41) is 1.62. The standard InChI is InChI=1S/C19H13Cl3O3S/c1-24-16-15(10-3-5-11(20)6-4-10)17(26-18(16)19(23)25-2)13-8-7-12(21)9-14(13)22/h3-9H,1-2H3. The van der Waals surface area contributed by atoms with Crippen LogP contribution >= 0.6 is 46.1 Å². The third-order valence-corrected chi connectivity index (χ3v) is 5.73. The fraction of sp³-hybridized carbons (Fsp3) is 0.105. The van der Waals surface area contributed by atoms with Crippen LogP contribution in [0.25, 0.3) is 21.6 Å². The van der Waals surface area contributed by atoms with Crippen molar-refractivity contribution in [2.24, 2.45) is 0 Å². The summed E-state index contributed by atoms with van der Waals surface area (Å²) in [6.45, 7) is 0. The van der Waals surface area contributed by atoms with Crippen LogP contribution in [-0.2, 0) is 4.74 Å². The Kier molecular flexibility index (Phi) is 5.78. The summed E-state index contributed by atoms with van der Waals surface area (Å²) < 4.78 is 10.5. The predicted molar refractivity (Wildman–Crippen MR) is 108 cm³/mol. The first kappa shape index (κ1) is 19.1. The molecule has 2 aromatic carbocycles. The Morgan fingerprint density at radius 3 is 2.19 bits per heavy atom. The average molecular weight is 428 g/mol. The number of rotatable bonds is 4. The molecule has 0 spiro atoms. The summed E-state index contributed by atoms with van der Waals surface area (Å²) in [6.07, 6.45) is 0. The van der Waals surface area contributed by atoms with Crippen LogP contribution < -0.4 is 4.74 Å². The molecule has 3 aromatic rings. The first-order valence-electron chi connectivity index (χ1n) is 7.46. The van der Waals surface area contributed by atoms with Crippen LogP contribution in [0, 0.1) is 0 Å². The van der Waals surface area contributed by atoms with Crippen molar-refractivity contribution >= 4 is 52.1 Å². The zero-order valence-electron chi connectivity index (χ0n) is 13.8. The lowest BCUT2D eigenvalue weighted by molar-refractivity contribution is 0.0603. The Bertz CT molecular complexity index is 965. The lowest BCUT2D eigenvalue weighted by Gasteiger charge is -2.09. The predicted octanol–water partition coefficient (Wildman–Crippen LogP) is 6.84. The van der Waals surface area contributed by atoms with E-state index in [1.807, 2.05) is 18.2 Å². The summed E-state index contributed by atoms with van der Waals surface area (Å²) in [7, 11) is 2.85. The minimum atomic E-state index is -0.474. The molecule has 0 saturated carbocycles. The van der Waals surface area contributed by atoms with E-state index in [0.29, 0.717) is 25.7 Å². The number of carbonyl (C=O) groups excluding carboxylic acids is 1. The van der Waals surface area contributed by atoms with Crippen molar-refractivity contribution in [3.05, 3.63) is 62.4 Å². The monoisotopic (exact) mass is 426 g/mol. The molecule has 0 unspecified atom stereocenters. The molecule has 0 radical (unpaired) electrons. The molecule has 0 bridgehead atoms. The van der Waals surface area contributed by atoms with Gasteiger partial charge in [-0.1, -0.05) is 53.0 Å². The van der Waals surface area contributed by atoms with E-state index >= 15 is 0 Å². The van der Waals surface area contributed by atoms with Crippen LogP contribution in [0.5, 0.6) is 5.75 Å². The van der Waals surface area contributed by atoms with Crippen LogP contribution in [-0.4, -0.2) is 20.2 Å². The average Bonchev–Trinajstić information content (AvgIpc) is 3.01. The van der Waals surface area contributed by atoms with E-state index in [2.05, 4.69) is 0 Å². The Morgan fingerprint density at radius 1 is 0.962 bits per heavy atom. The first-order valence-corrected chi connectivity index (χ1v) is 9.41. The number of ether oxygens (including phenoxy) is 2. The van der Waals surface area contributed by atoms with E-state index in [-0.39, 0.29) is 0 Å². The number of methoxy groups -OCH3 is 2. The third-order valence-electron chi connectivity index (χ3n) is 3.75. The van der Waals surface area contributed by atoms with Gasteiger partial charge in [0.1, 0.15) is 0 Å². The van der Waals surface area contributed by atoms with Crippen molar-refractivity contribution < 1.29 is 14.3 Å². The van der Waals surface area contributed by atoms with E-state index in [1.165, 1.54) is 25.6 Å². The second-order valence-corrected chi connectivity index (χ2v) is 7.59. The second kappa shape index (κ2) is 7.89. The maximum absolute atomic E-state index is 12.2. The van der Waals surface area contributed by atoms with Crippen molar-refractivity contribution in [2.45, 2.75) is 0 Å². The maximum atomic E-state index is 12.2. The second-order valence-electron chi connectivity index (χ2n) is 5.29. The van der Waals surface area contributed by atoms with E-state index < -0.39 is 5.97 Å². The molecule has 1 heterocycles. The smallest absolute Gasteiger partial charge is 0.351 e. The van der Waals surface area contributed by atoms with Gasteiger partial charge < -0.3 is 9.47 Å². The van der Waals surface area contributed by atoms with Gasteiger partial charge in [0.15, 0.2) is 10.6 Å². The fourth-order valence-electron chi connectivity index (χ4n) is 2.58. The molecule has 3 rings (SSSR count). The molecule has 0 saturated heterocycles. The number of hydrogen-bond donors (Lipinski definition) is 0. The molecule has 0 N–H and O–H groups in total. The number of esters is 1. The van der Waals surface area contributed by atoms with Gasteiger partial charge in [0, 0.05) is 26.0 Å². The Hall–Kier alpha value is -1.72. The van der Waals surface area contributed by atoms with Crippen LogP contribution in [0.2, 0.25) is 15.1 Å². The van der Waals surface area contributed by atoms with Gasteiger partial charge in [0.05, 0.1) is 19.2 Å². The molecule has 3 nitrogen and oxygen atoms in total. The highest BCUT2D eigenvalue weighted by molar-refractivity contribution is 7.18. The number of thiophene rings is 1. The Labute approximate surface area is 170 Å². The highest BCUT2D eigenvalue weighted by atomic mass is 35.5. The normalized spacial score (nSPS) is 10.7. The first-order chi connectivity index (χ1) is 12.5. The van der Waals surface area contributed by atoms with Crippen LogP contribution in [0.4, 0.5) is 0 Å². The molecule has 0 aliphatic rings. The minimum Gasteiger partial charge on any atom is -0.494 e. The van der Waals surface area contributed by atoms with Crippen molar-refractivity contribution in [3.63, 3.8) is 0 Å². The zero-order chi connectivity index (χ0) is 18.8. The number of carbonyl (C=O) groups is 1. The zero-order valence-corrected chi connectivity index (χ0v) is 16.9. The minimum absolute atomic E-state index is 0.362. The summed E-state index contributed by atoms with van der Waals surface area (Å²) in [4.78, 5) is 13.4. The number of halogens is 3. The summed E-state index contributed by atoms with van der Waals surface area (Å²) >= 11 is 19.7. The summed E-state index contributed by atoms with van der Waals surface area (Å²) in [5.74, 6) is -0.0383. The molecule has 0 fully saturated rings. The molecule has 0 atom stereocenters. The number of benzene rings is 2. The topological polar surface area (TPSA) is 35.5 Å². The van der Waals surface area contributed by atoms with E-state index in [0.717, 1.165) is 21.6 Å². The molecule has 1 aromatic heterocycles. The quantitative estimate of drug-likeness (QED) is 0.428. The summed E-state index contributed by atoms with van der Waals surface area (Å²) in [5.41, 5.74) is 2.34. The van der Waals surface area contributed by atoms with Gasteiger partial charge in [-0.25, -0.2) is 4.79 Å². The SMILES string of the molecule is COC(=O)c1sc(-c2ccc(Cl)cc2Cl)c(-c2ccc(Cl)cc2)c1OC. The van der Waals surface area contributed by atoms with Crippen molar-refractivity contribution in [1.82, 2.24) is 0 Å². The lowest BCUT2D eigenvalue weighted by Crippen LogP contribution is -2.00. The molecule has 0 aliphatic heterocycles. The highest BCUT2D eigenvalue weighted by Gasteiger charge is 2.27. The van der Waals surface area contributed by atoms with E-state index in [4.69, 9.17) is 44.3 Å². The molecular weight excluding hydrogens is 415 g/mol. The maximum Gasteiger partial charge on any atom is 0.351 e.